The molecular weight excluding hydrogens is 423 g/mol. The van der Waals surface area contributed by atoms with Crippen LogP contribution in [0.5, 0.6) is 11.5 Å². The third-order valence-electron chi connectivity index (χ3n) is 4.46. The second kappa shape index (κ2) is 12.1. The maximum Gasteiger partial charge on any atom is 0.128 e. The van der Waals surface area contributed by atoms with Gasteiger partial charge in [-0.2, -0.15) is 0 Å². The molecule has 30 heavy (non-hydrogen) atoms. The molecular formula is C22H26Cl2N4O2. The average molecular weight is 449 g/mol. The number of nitrogens with one attached hydrogen (secondary N) is 2. The first-order chi connectivity index (χ1) is 13.9. The van der Waals surface area contributed by atoms with Gasteiger partial charge in [-0.3, -0.25) is 9.98 Å². The Morgan fingerprint density at radius 3 is 1.40 bits per heavy atom. The summed E-state index contributed by atoms with van der Waals surface area (Å²) in [6.45, 7) is 4.53. The third-order valence-corrected chi connectivity index (χ3v) is 4.46. The molecule has 2 aromatic carbocycles. The first kappa shape index (κ1) is 23.6. The van der Waals surface area contributed by atoms with Crippen LogP contribution in [0.2, 0.25) is 0 Å². The van der Waals surface area contributed by atoms with Gasteiger partial charge in [-0.05, 0) is 60.7 Å². The summed E-state index contributed by atoms with van der Waals surface area (Å²) in [5.74, 6) is 3.60. The molecule has 0 aromatic heterocycles. The van der Waals surface area contributed by atoms with Crippen molar-refractivity contribution in [2.45, 2.75) is 0 Å². The summed E-state index contributed by atoms with van der Waals surface area (Å²) in [4.78, 5) is 8.82. The fourth-order valence-electron chi connectivity index (χ4n) is 3.03. The highest BCUT2D eigenvalue weighted by atomic mass is 35.5. The summed E-state index contributed by atoms with van der Waals surface area (Å²) in [7, 11) is 0. The zero-order chi connectivity index (χ0) is 19.0. The van der Waals surface area contributed by atoms with E-state index in [-0.39, 0.29) is 24.8 Å². The lowest BCUT2D eigenvalue weighted by Crippen LogP contribution is -2.19. The van der Waals surface area contributed by atoms with Gasteiger partial charge in [-0.25, -0.2) is 0 Å². The van der Waals surface area contributed by atoms with Crippen molar-refractivity contribution in [3.05, 3.63) is 71.8 Å². The molecule has 6 nitrogen and oxygen atoms in total. The summed E-state index contributed by atoms with van der Waals surface area (Å²) >= 11 is 0. The van der Waals surface area contributed by atoms with Crippen molar-refractivity contribution in [1.29, 1.82) is 0 Å². The van der Waals surface area contributed by atoms with E-state index in [4.69, 9.17) is 9.47 Å². The van der Waals surface area contributed by atoms with Gasteiger partial charge >= 0.3 is 0 Å². The molecule has 8 heteroatoms. The summed E-state index contributed by atoms with van der Waals surface area (Å²) in [6, 6.07) is 16.0. The van der Waals surface area contributed by atoms with Gasteiger partial charge in [-0.1, -0.05) is 0 Å². The molecule has 0 saturated carbocycles. The first-order valence-electron chi connectivity index (χ1n) is 9.56. The minimum absolute atomic E-state index is 0. The summed E-state index contributed by atoms with van der Waals surface area (Å²) < 4.78 is 11.5. The molecule has 160 valence electrons. The maximum absolute atomic E-state index is 5.73. The van der Waals surface area contributed by atoms with Crippen molar-refractivity contribution < 1.29 is 9.47 Å². The minimum Gasteiger partial charge on any atom is -0.490 e. The number of benzene rings is 2. The van der Waals surface area contributed by atoms with Crippen molar-refractivity contribution in [3.63, 3.8) is 0 Å². The molecule has 0 amide bonds. The number of hydrogen-bond donors (Lipinski definition) is 2. The van der Waals surface area contributed by atoms with E-state index in [1.807, 2.05) is 60.7 Å². The number of hydrogen-bond acceptors (Lipinski definition) is 6. The quantitative estimate of drug-likeness (QED) is 0.608. The molecule has 0 aliphatic carbocycles. The van der Waals surface area contributed by atoms with Gasteiger partial charge in [0.15, 0.2) is 0 Å². The SMILES string of the molecule is C(=C/COc1ccc(C2=NCCN2)cc1)/COc1ccc(C2=NCCN2)cc1.Cl.Cl. The Balaban J connectivity index is 0.00000160. The van der Waals surface area contributed by atoms with Crippen LogP contribution in [0.25, 0.3) is 0 Å². The highest BCUT2D eigenvalue weighted by molar-refractivity contribution is 6.00. The Labute approximate surface area is 189 Å². The van der Waals surface area contributed by atoms with Crippen LogP contribution in [0.3, 0.4) is 0 Å². The Morgan fingerprint density at radius 2 is 1.07 bits per heavy atom. The van der Waals surface area contributed by atoms with E-state index < -0.39 is 0 Å². The van der Waals surface area contributed by atoms with E-state index in [2.05, 4.69) is 20.6 Å². The lowest BCUT2D eigenvalue weighted by Gasteiger charge is -2.07. The summed E-state index contributed by atoms with van der Waals surface area (Å²) in [6.07, 6.45) is 3.92. The van der Waals surface area contributed by atoms with Crippen LogP contribution in [0.4, 0.5) is 0 Å². The molecule has 0 bridgehead atoms. The highest BCUT2D eigenvalue weighted by Crippen LogP contribution is 2.14. The predicted octanol–water partition coefficient (Wildman–Crippen LogP) is 3.24. The van der Waals surface area contributed by atoms with Gasteiger partial charge in [0.25, 0.3) is 0 Å². The first-order valence-corrected chi connectivity index (χ1v) is 9.56. The van der Waals surface area contributed by atoms with Gasteiger partial charge in [0.05, 0.1) is 13.1 Å². The van der Waals surface area contributed by atoms with Crippen molar-refractivity contribution in [1.82, 2.24) is 10.6 Å². The van der Waals surface area contributed by atoms with Crippen molar-refractivity contribution >= 4 is 36.5 Å². The second-order valence-corrected chi connectivity index (χ2v) is 6.46. The molecule has 2 N–H and O–H groups in total. The number of ether oxygens (including phenoxy) is 2. The van der Waals surface area contributed by atoms with Crippen LogP contribution in [-0.2, 0) is 0 Å². The minimum atomic E-state index is 0. The Kier molecular flexibility index (Phi) is 9.51. The Morgan fingerprint density at radius 1 is 0.667 bits per heavy atom. The fraction of sp³-hybridized carbons (Fsp3) is 0.273. The van der Waals surface area contributed by atoms with Crippen molar-refractivity contribution in [3.8, 4) is 11.5 Å². The highest BCUT2D eigenvalue weighted by Gasteiger charge is 2.08. The van der Waals surface area contributed by atoms with E-state index in [0.29, 0.717) is 13.2 Å². The molecule has 0 fully saturated rings. The number of amidine groups is 2. The standard InChI is InChI=1S/C22H24N4O2.2ClH/c1(15-27-19-7-3-17(4-8-19)21-23-11-12-24-21)2-16-28-20-9-5-18(6-10-20)22-25-13-14-26-22;;/h1-10H,11-16H2,(H,23,24)(H,25,26);2*1H/b2-1-;;. The van der Waals surface area contributed by atoms with Crippen molar-refractivity contribution in [2.24, 2.45) is 9.98 Å². The zero-order valence-electron chi connectivity index (χ0n) is 16.5. The van der Waals surface area contributed by atoms with E-state index in [1.54, 1.807) is 0 Å². The van der Waals surface area contributed by atoms with Crippen LogP contribution in [0.15, 0.2) is 70.7 Å². The van der Waals surface area contributed by atoms with Crippen LogP contribution in [0.1, 0.15) is 11.1 Å². The molecule has 0 unspecified atom stereocenters. The molecule has 4 rings (SSSR count). The molecule has 0 spiro atoms. The number of nitrogens with zero attached hydrogens (tertiary/aromatic N) is 2. The lowest BCUT2D eigenvalue weighted by molar-refractivity contribution is 0.350. The average Bonchev–Trinajstić information content (AvgIpc) is 3.46. The second-order valence-electron chi connectivity index (χ2n) is 6.46. The van der Waals surface area contributed by atoms with Gasteiger partial charge in [0, 0.05) is 24.2 Å². The van der Waals surface area contributed by atoms with E-state index in [9.17, 15) is 0 Å². The Bertz CT molecular complexity index is 808. The molecule has 0 radical (unpaired) electrons. The van der Waals surface area contributed by atoms with Crippen LogP contribution >= 0.6 is 24.8 Å². The van der Waals surface area contributed by atoms with Crippen LogP contribution in [-0.4, -0.2) is 51.1 Å². The molecule has 2 aliphatic rings. The van der Waals surface area contributed by atoms with E-state index in [0.717, 1.165) is 60.5 Å². The normalized spacial score (nSPS) is 14.7. The zero-order valence-corrected chi connectivity index (χ0v) is 18.2. The molecule has 0 saturated heterocycles. The summed E-state index contributed by atoms with van der Waals surface area (Å²) in [5, 5.41) is 6.53. The lowest BCUT2D eigenvalue weighted by atomic mass is 10.2. The van der Waals surface area contributed by atoms with Crippen LogP contribution < -0.4 is 20.1 Å². The monoisotopic (exact) mass is 448 g/mol. The van der Waals surface area contributed by atoms with Gasteiger partial charge in [0.1, 0.15) is 36.4 Å². The number of rotatable bonds is 8. The topological polar surface area (TPSA) is 67.2 Å². The van der Waals surface area contributed by atoms with Crippen molar-refractivity contribution in [2.75, 3.05) is 39.4 Å². The van der Waals surface area contributed by atoms with Crippen LogP contribution in [0, 0.1) is 0 Å². The van der Waals surface area contributed by atoms with Gasteiger partial charge in [0.2, 0.25) is 0 Å². The molecule has 2 aromatic rings. The predicted molar refractivity (Wildman–Crippen MR) is 126 cm³/mol. The largest absolute Gasteiger partial charge is 0.490 e. The third kappa shape index (κ3) is 6.40. The summed E-state index contributed by atoms with van der Waals surface area (Å²) in [5.41, 5.74) is 2.19. The maximum atomic E-state index is 5.73. The molecule has 0 atom stereocenters. The van der Waals surface area contributed by atoms with E-state index in [1.165, 1.54) is 0 Å². The number of aliphatic imine (C=N–C) groups is 2. The molecule has 2 heterocycles. The number of halogens is 2. The van der Waals surface area contributed by atoms with Gasteiger partial charge < -0.3 is 20.1 Å². The Hall–Kier alpha value is -2.70. The smallest absolute Gasteiger partial charge is 0.128 e. The van der Waals surface area contributed by atoms with Gasteiger partial charge in [-0.15, -0.1) is 24.8 Å². The fourth-order valence-corrected chi connectivity index (χ4v) is 3.03. The van der Waals surface area contributed by atoms with E-state index >= 15 is 0 Å². The molecule has 2 aliphatic heterocycles.